The van der Waals surface area contributed by atoms with Crippen molar-refractivity contribution in [3.05, 3.63) is 23.6 Å². The zero-order valence-corrected chi connectivity index (χ0v) is 8.83. The quantitative estimate of drug-likeness (QED) is 0.585. The molecule has 0 saturated heterocycles. The molecule has 0 unspecified atom stereocenters. The summed E-state index contributed by atoms with van der Waals surface area (Å²) in [6.07, 6.45) is 4.97. The number of carbonyl (C=O) groups excluding carboxylic acids is 1. The average Bonchev–Trinajstić information content (AvgIpc) is 2.11. The fraction of sp³-hybridized carbons (Fsp3) is 0.545. The number of rotatable bonds is 0. The van der Waals surface area contributed by atoms with E-state index >= 15 is 0 Å². The first-order valence-electron chi connectivity index (χ1n) is 4.81. The third-order valence-electron chi connectivity index (χ3n) is 2.72. The molecule has 3 nitrogen and oxygen atoms in total. The van der Waals surface area contributed by atoms with Gasteiger partial charge in [-0.2, -0.15) is 0 Å². The van der Waals surface area contributed by atoms with Gasteiger partial charge in [0, 0.05) is 13.5 Å². The van der Waals surface area contributed by atoms with Crippen molar-refractivity contribution in [1.82, 2.24) is 4.90 Å². The molecule has 2 aliphatic rings. The van der Waals surface area contributed by atoms with E-state index in [1.54, 1.807) is 4.90 Å². The Labute approximate surface area is 84.0 Å². The van der Waals surface area contributed by atoms with Crippen LogP contribution in [0, 0.1) is 5.41 Å². The van der Waals surface area contributed by atoms with Crippen LogP contribution in [-0.4, -0.2) is 24.5 Å². The van der Waals surface area contributed by atoms with Gasteiger partial charge in [0.05, 0.1) is 5.70 Å². The highest BCUT2D eigenvalue weighted by molar-refractivity contribution is 5.80. The van der Waals surface area contributed by atoms with Gasteiger partial charge < -0.3 is 9.64 Å². The van der Waals surface area contributed by atoms with Gasteiger partial charge >= 0.3 is 0 Å². The summed E-state index contributed by atoms with van der Waals surface area (Å²) in [6.45, 7) is 4.47. The van der Waals surface area contributed by atoms with Crippen LogP contribution in [-0.2, 0) is 9.53 Å². The summed E-state index contributed by atoms with van der Waals surface area (Å²) in [7, 11) is 1.81. The highest BCUT2D eigenvalue weighted by Gasteiger charge is 2.31. The molecule has 0 aromatic rings. The molecule has 0 N–H and O–H groups in total. The second-order valence-electron chi connectivity index (χ2n) is 4.55. The van der Waals surface area contributed by atoms with Crippen LogP contribution in [0.25, 0.3) is 0 Å². The van der Waals surface area contributed by atoms with Crippen LogP contribution in [0.2, 0.25) is 0 Å². The van der Waals surface area contributed by atoms with Crippen molar-refractivity contribution >= 4 is 5.91 Å². The minimum atomic E-state index is 0.0369. The predicted molar refractivity (Wildman–Crippen MR) is 53.3 cm³/mol. The maximum atomic E-state index is 11.4. The van der Waals surface area contributed by atoms with Crippen molar-refractivity contribution in [2.24, 2.45) is 5.41 Å². The lowest BCUT2D eigenvalue weighted by Crippen LogP contribution is -2.37. The van der Waals surface area contributed by atoms with Gasteiger partial charge in [0.15, 0.2) is 6.61 Å². The van der Waals surface area contributed by atoms with Crippen molar-refractivity contribution in [2.45, 2.75) is 20.3 Å². The number of ether oxygens (including phenoxy) is 1. The minimum Gasteiger partial charge on any atom is -0.482 e. The molecular weight excluding hydrogens is 178 g/mol. The Bertz CT molecular complexity index is 339. The Kier molecular flexibility index (Phi) is 1.91. The van der Waals surface area contributed by atoms with Gasteiger partial charge in [0.25, 0.3) is 5.91 Å². The number of nitrogens with zero attached hydrogens (tertiary/aromatic N) is 1. The van der Waals surface area contributed by atoms with Crippen LogP contribution in [0.1, 0.15) is 20.3 Å². The smallest absolute Gasteiger partial charge is 0.264 e. The first kappa shape index (κ1) is 9.31. The topological polar surface area (TPSA) is 29.5 Å². The van der Waals surface area contributed by atoms with Crippen LogP contribution in [0.4, 0.5) is 0 Å². The van der Waals surface area contributed by atoms with E-state index in [2.05, 4.69) is 19.9 Å². The van der Waals surface area contributed by atoms with E-state index in [1.165, 1.54) is 0 Å². The predicted octanol–water partition coefficient (Wildman–Crippen LogP) is 1.67. The Balaban J connectivity index is 2.34. The van der Waals surface area contributed by atoms with Gasteiger partial charge in [-0.05, 0) is 11.5 Å². The van der Waals surface area contributed by atoms with Crippen molar-refractivity contribution in [1.29, 1.82) is 0 Å². The third-order valence-corrected chi connectivity index (χ3v) is 2.72. The average molecular weight is 193 g/mol. The Morgan fingerprint density at radius 3 is 2.93 bits per heavy atom. The van der Waals surface area contributed by atoms with Crippen LogP contribution >= 0.6 is 0 Å². The second kappa shape index (κ2) is 2.87. The molecule has 1 aliphatic carbocycles. The highest BCUT2D eigenvalue weighted by Crippen LogP contribution is 2.36. The second-order valence-corrected chi connectivity index (χ2v) is 4.55. The fourth-order valence-corrected chi connectivity index (χ4v) is 1.78. The van der Waals surface area contributed by atoms with Gasteiger partial charge in [-0.1, -0.05) is 19.9 Å². The fourth-order valence-electron chi connectivity index (χ4n) is 1.78. The lowest BCUT2D eigenvalue weighted by atomic mass is 9.83. The molecular formula is C11H15NO2. The Hall–Kier alpha value is -1.25. The van der Waals surface area contributed by atoms with E-state index in [1.807, 2.05) is 13.1 Å². The number of carbonyl (C=O) groups is 1. The van der Waals surface area contributed by atoms with E-state index in [0.29, 0.717) is 0 Å². The largest absolute Gasteiger partial charge is 0.482 e. The monoisotopic (exact) mass is 193 g/mol. The maximum absolute atomic E-state index is 11.4. The molecule has 0 bridgehead atoms. The molecule has 0 fully saturated rings. The molecule has 0 aromatic carbocycles. The number of amides is 1. The Morgan fingerprint density at radius 2 is 2.21 bits per heavy atom. The molecule has 3 heteroatoms. The highest BCUT2D eigenvalue weighted by atomic mass is 16.5. The van der Waals surface area contributed by atoms with Crippen molar-refractivity contribution in [2.75, 3.05) is 13.7 Å². The lowest BCUT2D eigenvalue weighted by Gasteiger charge is -2.35. The summed E-state index contributed by atoms with van der Waals surface area (Å²) < 4.78 is 5.36. The summed E-state index contributed by atoms with van der Waals surface area (Å²) in [6, 6.07) is 0. The first-order valence-corrected chi connectivity index (χ1v) is 4.81. The van der Waals surface area contributed by atoms with Crippen molar-refractivity contribution in [3.63, 3.8) is 0 Å². The zero-order valence-electron chi connectivity index (χ0n) is 8.83. The summed E-state index contributed by atoms with van der Waals surface area (Å²) >= 11 is 0. The lowest BCUT2D eigenvalue weighted by molar-refractivity contribution is -0.134. The summed E-state index contributed by atoms with van der Waals surface area (Å²) in [5.74, 6) is 0.890. The molecule has 14 heavy (non-hydrogen) atoms. The molecule has 2 rings (SSSR count). The van der Waals surface area contributed by atoms with Crippen LogP contribution in [0.5, 0.6) is 0 Å². The molecule has 0 spiro atoms. The number of likely N-dealkylation sites (N-methyl/N-ethyl adjacent to an activating group) is 1. The van der Waals surface area contributed by atoms with Gasteiger partial charge in [-0.25, -0.2) is 0 Å². The van der Waals surface area contributed by atoms with E-state index in [9.17, 15) is 4.79 Å². The third kappa shape index (κ3) is 1.43. The molecule has 0 radical (unpaired) electrons. The van der Waals surface area contributed by atoms with Gasteiger partial charge in [0.1, 0.15) is 5.76 Å². The van der Waals surface area contributed by atoms with E-state index in [4.69, 9.17) is 4.74 Å². The molecule has 0 atom stereocenters. The van der Waals surface area contributed by atoms with Gasteiger partial charge in [-0.15, -0.1) is 0 Å². The minimum absolute atomic E-state index is 0.0369. The maximum Gasteiger partial charge on any atom is 0.264 e. The SMILES string of the molecule is CN1C(=O)COC2=C1CC(C)(C)C=C2. The molecule has 1 aliphatic heterocycles. The van der Waals surface area contributed by atoms with E-state index in [-0.39, 0.29) is 17.9 Å². The number of hydrogen-bond donors (Lipinski definition) is 0. The van der Waals surface area contributed by atoms with E-state index in [0.717, 1.165) is 17.9 Å². The summed E-state index contributed by atoms with van der Waals surface area (Å²) in [5, 5.41) is 0. The van der Waals surface area contributed by atoms with Crippen LogP contribution in [0.15, 0.2) is 23.6 Å². The summed E-state index contributed by atoms with van der Waals surface area (Å²) in [4.78, 5) is 13.1. The van der Waals surface area contributed by atoms with E-state index < -0.39 is 0 Å². The van der Waals surface area contributed by atoms with Gasteiger partial charge in [0.2, 0.25) is 0 Å². The van der Waals surface area contributed by atoms with Crippen LogP contribution in [0.3, 0.4) is 0 Å². The first-order chi connectivity index (χ1) is 6.49. The van der Waals surface area contributed by atoms with Crippen molar-refractivity contribution < 1.29 is 9.53 Å². The molecule has 1 heterocycles. The molecule has 1 amide bonds. The van der Waals surface area contributed by atoms with Crippen molar-refractivity contribution in [3.8, 4) is 0 Å². The van der Waals surface area contributed by atoms with Crippen LogP contribution < -0.4 is 0 Å². The normalized spacial score (nSPS) is 24.8. The molecule has 0 saturated carbocycles. The summed E-state index contributed by atoms with van der Waals surface area (Å²) in [5.41, 5.74) is 1.13. The standard InChI is InChI=1S/C11H15NO2/c1-11(2)5-4-9-8(6-11)12(3)10(13)7-14-9/h4-5H,6-7H2,1-3H3. The zero-order chi connectivity index (χ0) is 10.3. The van der Waals surface area contributed by atoms with Gasteiger partial charge in [-0.3, -0.25) is 4.79 Å². The number of allylic oxidation sites excluding steroid dienone is 3. The number of hydrogen-bond acceptors (Lipinski definition) is 2. The molecule has 0 aromatic heterocycles. The molecule has 76 valence electrons. The Morgan fingerprint density at radius 1 is 1.50 bits per heavy atom.